The Kier molecular flexibility index (Phi) is 79.6. The van der Waals surface area contributed by atoms with Gasteiger partial charge in [0.2, 0.25) is 0 Å². The second kappa shape index (κ2) is 55.1. The highest BCUT2D eigenvalue weighted by atomic mass is 14.2. The van der Waals surface area contributed by atoms with Crippen molar-refractivity contribution in [2.45, 2.75) is 182 Å². The Balaban J connectivity index is -0.0000000693. The van der Waals surface area contributed by atoms with Crippen molar-refractivity contribution in [3.63, 3.8) is 0 Å². The molecule has 0 amide bonds. The zero-order valence-electron chi connectivity index (χ0n) is 29.7. The summed E-state index contributed by atoms with van der Waals surface area (Å²) < 4.78 is 0. The summed E-state index contributed by atoms with van der Waals surface area (Å²) in [4.78, 5) is 0. The molecule has 0 fully saturated rings. The van der Waals surface area contributed by atoms with E-state index in [1.165, 1.54) is 51.4 Å². The molecular formula is C36H82. The van der Waals surface area contributed by atoms with Gasteiger partial charge >= 0.3 is 0 Å². The maximum atomic E-state index is 3.55. The van der Waals surface area contributed by atoms with Crippen LogP contribution in [0, 0.1) is 29.6 Å². The van der Waals surface area contributed by atoms with Crippen LogP contribution in [0.4, 0.5) is 0 Å². The molecule has 0 bridgehead atoms. The number of unbranched alkanes of at least 4 members (excludes halogenated alkanes) is 1. The summed E-state index contributed by atoms with van der Waals surface area (Å²) in [6.07, 6.45) is 18.5. The molecule has 2 unspecified atom stereocenters. The predicted molar refractivity (Wildman–Crippen MR) is 180 cm³/mol. The summed E-state index contributed by atoms with van der Waals surface area (Å²) in [5, 5.41) is 0. The van der Waals surface area contributed by atoms with Gasteiger partial charge in [0.15, 0.2) is 0 Å². The Morgan fingerprint density at radius 1 is 0.611 bits per heavy atom. The molecule has 0 aliphatic heterocycles. The van der Waals surface area contributed by atoms with E-state index in [1.807, 2.05) is 47.6 Å². The van der Waals surface area contributed by atoms with E-state index >= 15 is 0 Å². The fourth-order valence-electron chi connectivity index (χ4n) is 2.64. The standard InChI is InChI=1S/C16H32.C6H14.C5H10.C3H8.3C2H6/c1-6-10-15(8-3)16(11-7-2)13-9-12-14(4)5;1-5(2)6(3)4;1-3-5-4-2;1-3-2;3*1-2/h9,13-16H,6-8,10-12H2,1-5H3;5-6H,1-4H3;3H,1,4-5H2,2H3;3H2,1-2H3;3*1-2H3/b13-9-;;;;;;. The molecule has 226 valence electrons. The number of allylic oxidation sites excluding steroid dienone is 3. The molecule has 0 aromatic heterocycles. The Morgan fingerprint density at radius 2 is 1.00 bits per heavy atom. The molecule has 0 heterocycles. The van der Waals surface area contributed by atoms with Crippen LogP contribution in [-0.2, 0) is 0 Å². The van der Waals surface area contributed by atoms with Crippen molar-refractivity contribution in [2.24, 2.45) is 29.6 Å². The zero-order valence-corrected chi connectivity index (χ0v) is 29.7. The fraction of sp³-hybridized carbons (Fsp3) is 0.889. The molecular weight excluding hydrogens is 432 g/mol. The van der Waals surface area contributed by atoms with E-state index in [0.717, 1.165) is 36.0 Å². The normalized spacial score (nSPS) is 10.9. The van der Waals surface area contributed by atoms with Crippen molar-refractivity contribution in [1.29, 1.82) is 0 Å². The van der Waals surface area contributed by atoms with Gasteiger partial charge in [-0.3, -0.25) is 0 Å². The molecule has 0 saturated heterocycles. The van der Waals surface area contributed by atoms with E-state index in [0.29, 0.717) is 0 Å². The topological polar surface area (TPSA) is 0 Å². The first-order chi connectivity index (χ1) is 17.1. The van der Waals surface area contributed by atoms with Crippen LogP contribution in [0.5, 0.6) is 0 Å². The summed E-state index contributed by atoms with van der Waals surface area (Å²) in [7, 11) is 0. The molecule has 0 rings (SSSR count). The minimum absolute atomic E-state index is 0.796. The highest BCUT2D eigenvalue weighted by molar-refractivity contribution is 4.91. The highest BCUT2D eigenvalue weighted by Gasteiger charge is 2.15. The third kappa shape index (κ3) is 64.1. The highest BCUT2D eigenvalue weighted by Crippen LogP contribution is 2.27. The molecule has 0 radical (unpaired) electrons. The minimum atomic E-state index is 0.796. The van der Waals surface area contributed by atoms with Gasteiger partial charge in [0, 0.05) is 0 Å². The summed E-state index contributed by atoms with van der Waals surface area (Å²) >= 11 is 0. The Hall–Kier alpha value is -0.520. The first-order valence-corrected chi connectivity index (χ1v) is 16.4. The van der Waals surface area contributed by atoms with E-state index in [1.54, 1.807) is 0 Å². The van der Waals surface area contributed by atoms with Gasteiger partial charge in [-0.25, -0.2) is 0 Å². The van der Waals surface area contributed by atoms with Crippen molar-refractivity contribution in [1.82, 2.24) is 0 Å². The van der Waals surface area contributed by atoms with Gasteiger partial charge in [-0.15, -0.1) is 6.58 Å². The monoisotopic (exact) mass is 515 g/mol. The number of rotatable bonds is 12. The van der Waals surface area contributed by atoms with Crippen molar-refractivity contribution >= 4 is 0 Å². The van der Waals surface area contributed by atoms with Crippen molar-refractivity contribution in [3.8, 4) is 0 Å². The summed E-state index contributed by atoms with van der Waals surface area (Å²) in [5.74, 6) is 4.24. The zero-order chi connectivity index (χ0) is 30.4. The Bertz CT molecular complexity index is 302. The minimum Gasteiger partial charge on any atom is -0.103 e. The smallest absolute Gasteiger partial charge is 0.0205 e. The van der Waals surface area contributed by atoms with Crippen LogP contribution in [0.25, 0.3) is 0 Å². The van der Waals surface area contributed by atoms with E-state index in [-0.39, 0.29) is 0 Å². The largest absolute Gasteiger partial charge is 0.103 e. The lowest BCUT2D eigenvalue weighted by Crippen LogP contribution is -2.11. The predicted octanol–water partition coefficient (Wildman–Crippen LogP) is 14.6. The lowest BCUT2D eigenvalue weighted by Gasteiger charge is -2.23. The maximum absolute atomic E-state index is 3.55. The van der Waals surface area contributed by atoms with E-state index in [9.17, 15) is 0 Å². The quantitative estimate of drug-likeness (QED) is 0.227. The SMILES string of the molecule is C=CCCC.CC.CC.CC.CC(C)C(C)C.CCC.CCCC(/C=C\CC(C)C)C(CC)CCC. The first-order valence-electron chi connectivity index (χ1n) is 16.4. The van der Waals surface area contributed by atoms with Crippen molar-refractivity contribution < 1.29 is 0 Å². The Morgan fingerprint density at radius 3 is 1.19 bits per heavy atom. The summed E-state index contributed by atoms with van der Waals surface area (Å²) in [5.41, 5.74) is 0. The second-order valence-corrected chi connectivity index (χ2v) is 9.74. The van der Waals surface area contributed by atoms with Gasteiger partial charge in [-0.2, -0.15) is 0 Å². The molecule has 0 aromatic carbocycles. The van der Waals surface area contributed by atoms with Crippen LogP contribution in [0.1, 0.15) is 182 Å². The van der Waals surface area contributed by atoms with Crippen molar-refractivity contribution in [2.75, 3.05) is 0 Å². The van der Waals surface area contributed by atoms with Crippen LogP contribution >= 0.6 is 0 Å². The summed E-state index contributed by atoms with van der Waals surface area (Å²) in [6, 6.07) is 0. The lowest BCUT2D eigenvalue weighted by atomic mass is 9.83. The van der Waals surface area contributed by atoms with Gasteiger partial charge in [-0.1, -0.05) is 181 Å². The van der Waals surface area contributed by atoms with Crippen LogP contribution in [0.15, 0.2) is 24.8 Å². The van der Waals surface area contributed by atoms with Crippen LogP contribution in [0.2, 0.25) is 0 Å². The first kappa shape index (κ1) is 52.0. The molecule has 0 aromatic rings. The number of hydrogen-bond acceptors (Lipinski definition) is 0. The van der Waals surface area contributed by atoms with Crippen molar-refractivity contribution in [3.05, 3.63) is 24.8 Å². The molecule has 0 N–H and O–H groups in total. The average molecular weight is 515 g/mol. The lowest BCUT2D eigenvalue weighted by molar-refractivity contribution is 0.335. The number of hydrogen-bond donors (Lipinski definition) is 0. The van der Waals surface area contributed by atoms with Crippen LogP contribution in [-0.4, -0.2) is 0 Å². The van der Waals surface area contributed by atoms with Gasteiger partial charge in [0.25, 0.3) is 0 Å². The molecule has 0 heteroatoms. The summed E-state index contributed by atoms with van der Waals surface area (Å²) in [6.45, 7) is 42.5. The third-order valence-electron chi connectivity index (χ3n) is 5.23. The molecule has 0 nitrogen and oxygen atoms in total. The molecule has 36 heavy (non-hydrogen) atoms. The molecule has 0 spiro atoms. The average Bonchev–Trinajstić information content (AvgIpc) is 2.87. The molecule has 0 aliphatic carbocycles. The van der Waals surface area contributed by atoms with Gasteiger partial charge in [0.05, 0.1) is 0 Å². The molecule has 0 saturated carbocycles. The van der Waals surface area contributed by atoms with Gasteiger partial charge in [-0.05, 0) is 48.9 Å². The third-order valence-corrected chi connectivity index (χ3v) is 5.23. The van der Waals surface area contributed by atoms with E-state index in [4.69, 9.17) is 0 Å². The Labute approximate surface area is 236 Å². The van der Waals surface area contributed by atoms with Crippen LogP contribution < -0.4 is 0 Å². The maximum Gasteiger partial charge on any atom is -0.0205 e. The fourth-order valence-corrected chi connectivity index (χ4v) is 2.64. The van der Waals surface area contributed by atoms with E-state index in [2.05, 4.69) is 102 Å². The molecule has 0 aliphatic rings. The van der Waals surface area contributed by atoms with Gasteiger partial charge < -0.3 is 0 Å². The van der Waals surface area contributed by atoms with Gasteiger partial charge in [0.1, 0.15) is 0 Å². The molecule has 2 atom stereocenters. The van der Waals surface area contributed by atoms with Crippen LogP contribution in [0.3, 0.4) is 0 Å². The van der Waals surface area contributed by atoms with E-state index < -0.39 is 0 Å². The second-order valence-electron chi connectivity index (χ2n) is 9.74.